The number of hydrogen-bond acceptors (Lipinski definition) is 5. The molecule has 0 saturated carbocycles. The molecule has 2 aromatic heterocycles. The van der Waals surface area contributed by atoms with Gasteiger partial charge in [-0.25, -0.2) is 13.5 Å². The van der Waals surface area contributed by atoms with E-state index in [1.54, 1.807) is 17.8 Å². The van der Waals surface area contributed by atoms with Gasteiger partial charge in [-0.3, -0.25) is 4.79 Å². The van der Waals surface area contributed by atoms with Crippen molar-refractivity contribution in [2.45, 2.75) is 32.2 Å². The molecule has 0 unspecified atom stereocenters. The number of benzene rings is 1. The van der Waals surface area contributed by atoms with Crippen molar-refractivity contribution in [3.05, 3.63) is 57.9 Å². The first-order chi connectivity index (χ1) is 12.5. The van der Waals surface area contributed by atoms with Gasteiger partial charge in [0.05, 0.1) is 23.6 Å². The lowest BCUT2D eigenvalue weighted by Gasteiger charge is -2.24. The first kappa shape index (κ1) is 16.8. The molecule has 26 heavy (non-hydrogen) atoms. The maximum absolute atomic E-state index is 13.5. The summed E-state index contributed by atoms with van der Waals surface area (Å²) in [5, 5.41) is 11.1. The van der Waals surface area contributed by atoms with Crippen LogP contribution in [0.1, 0.15) is 45.5 Å². The van der Waals surface area contributed by atoms with Crippen molar-refractivity contribution in [2.75, 3.05) is 0 Å². The van der Waals surface area contributed by atoms with Crippen molar-refractivity contribution in [1.29, 1.82) is 0 Å². The number of amides is 1. The molecular weight excluding hydrogens is 360 g/mol. The average Bonchev–Trinajstić information content (AvgIpc) is 3.20. The number of nitrogens with one attached hydrogen (secondary N) is 1. The SMILES string of the molecule is Cc1nnsc1C(=O)N[C@H]1CCCc2c1cnn2-c1cc(F)cc(F)c1. The van der Waals surface area contributed by atoms with Gasteiger partial charge in [-0.1, -0.05) is 4.49 Å². The molecule has 6 nitrogen and oxygen atoms in total. The van der Waals surface area contributed by atoms with Crippen molar-refractivity contribution in [3.63, 3.8) is 0 Å². The van der Waals surface area contributed by atoms with E-state index in [1.165, 1.54) is 12.1 Å². The molecule has 4 rings (SSSR count). The molecule has 0 radical (unpaired) electrons. The molecule has 0 spiro atoms. The highest BCUT2D eigenvalue weighted by molar-refractivity contribution is 7.08. The minimum atomic E-state index is -0.655. The number of aryl methyl sites for hydroxylation is 1. The lowest BCUT2D eigenvalue weighted by molar-refractivity contribution is 0.0936. The van der Waals surface area contributed by atoms with Gasteiger partial charge in [0.2, 0.25) is 0 Å². The van der Waals surface area contributed by atoms with Crippen molar-refractivity contribution in [1.82, 2.24) is 24.7 Å². The Morgan fingerprint density at radius 1 is 1.31 bits per heavy atom. The van der Waals surface area contributed by atoms with E-state index in [9.17, 15) is 13.6 Å². The summed E-state index contributed by atoms with van der Waals surface area (Å²) in [5.74, 6) is -1.53. The Labute approximate surface area is 152 Å². The maximum atomic E-state index is 13.5. The molecule has 1 aliphatic carbocycles. The highest BCUT2D eigenvalue weighted by Crippen LogP contribution is 2.31. The van der Waals surface area contributed by atoms with E-state index in [1.807, 2.05) is 0 Å². The van der Waals surface area contributed by atoms with Crippen LogP contribution in [0.4, 0.5) is 8.78 Å². The maximum Gasteiger partial charge on any atom is 0.265 e. The minimum Gasteiger partial charge on any atom is -0.344 e. The number of fused-ring (bicyclic) bond motifs is 1. The van der Waals surface area contributed by atoms with Gasteiger partial charge in [0.1, 0.15) is 16.5 Å². The number of rotatable bonds is 3. The Kier molecular flexibility index (Phi) is 4.23. The van der Waals surface area contributed by atoms with Crippen LogP contribution in [0.3, 0.4) is 0 Å². The third-order valence-electron chi connectivity index (χ3n) is 4.44. The number of halogens is 2. The van der Waals surface area contributed by atoms with E-state index in [0.29, 0.717) is 16.3 Å². The highest BCUT2D eigenvalue weighted by Gasteiger charge is 2.27. The first-order valence-electron chi connectivity index (χ1n) is 8.16. The van der Waals surface area contributed by atoms with E-state index in [0.717, 1.165) is 48.1 Å². The van der Waals surface area contributed by atoms with Gasteiger partial charge >= 0.3 is 0 Å². The van der Waals surface area contributed by atoms with E-state index in [2.05, 4.69) is 20.0 Å². The van der Waals surface area contributed by atoms with Gasteiger partial charge in [-0.15, -0.1) is 5.10 Å². The van der Waals surface area contributed by atoms with Crippen molar-refractivity contribution < 1.29 is 13.6 Å². The molecule has 0 fully saturated rings. The van der Waals surface area contributed by atoms with E-state index in [-0.39, 0.29) is 11.9 Å². The summed E-state index contributed by atoms with van der Waals surface area (Å²) < 4.78 is 32.4. The van der Waals surface area contributed by atoms with Crippen LogP contribution in [0.2, 0.25) is 0 Å². The van der Waals surface area contributed by atoms with Crippen LogP contribution >= 0.6 is 11.5 Å². The average molecular weight is 375 g/mol. The third-order valence-corrected chi connectivity index (χ3v) is 5.26. The molecule has 1 amide bonds. The summed E-state index contributed by atoms with van der Waals surface area (Å²) >= 11 is 1.06. The summed E-state index contributed by atoms with van der Waals surface area (Å²) in [6.45, 7) is 1.74. The quantitative estimate of drug-likeness (QED) is 0.763. The normalized spacial score (nSPS) is 16.3. The molecule has 0 saturated heterocycles. The number of nitrogens with zero attached hydrogens (tertiary/aromatic N) is 4. The van der Waals surface area contributed by atoms with Gasteiger partial charge < -0.3 is 5.32 Å². The Morgan fingerprint density at radius 2 is 2.08 bits per heavy atom. The van der Waals surface area contributed by atoms with Crippen LogP contribution in [0.15, 0.2) is 24.4 Å². The summed E-state index contributed by atoms with van der Waals surface area (Å²) in [5.41, 5.74) is 2.64. The number of aromatic nitrogens is 4. The summed E-state index contributed by atoms with van der Waals surface area (Å²) in [7, 11) is 0. The molecule has 2 heterocycles. The van der Waals surface area contributed by atoms with Crippen LogP contribution in [0.5, 0.6) is 0 Å². The molecule has 3 aromatic rings. The zero-order valence-electron chi connectivity index (χ0n) is 13.9. The van der Waals surface area contributed by atoms with Gasteiger partial charge in [0.15, 0.2) is 0 Å². The molecular formula is C17H15F2N5OS. The summed E-state index contributed by atoms with van der Waals surface area (Å²) in [6, 6.07) is 3.10. The third kappa shape index (κ3) is 2.98. The van der Waals surface area contributed by atoms with Crippen LogP contribution in [-0.2, 0) is 6.42 Å². The topological polar surface area (TPSA) is 72.7 Å². The fourth-order valence-electron chi connectivity index (χ4n) is 3.25. The lowest BCUT2D eigenvalue weighted by atomic mass is 9.92. The standard InChI is InChI=1S/C17H15F2N5OS/c1-9-16(26-23-22-9)17(25)21-14-3-2-4-15-13(14)8-20-24(15)12-6-10(18)5-11(19)7-12/h5-8,14H,2-4H2,1H3,(H,21,25)/t14-/m0/s1. The zero-order chi connectivity index (χ0) is 18.3. The van der Waals surface area contributed by atoms with Crippen LogP contribution in [-0.4, -0.2) is 25.3 Å². The second-order valence-corrected chi connectivity index (χ2v) is 6.95. The van der Waals surface area contributed by atoms with Gasteiger partial charge in [-0.2, -0.15) is 5.10 Å². The van der Waals surface area contributed by atoms with Crippen molar-refractivity contribution in [2.24, 2.45) is 0 Å². The van der Waals surface area contributed by atoms with Crippen molar-refractivity contribution in [3.8, 4) is 5.69 Å². The van der Waals surface area contributed by atoms with E-state index < -0.39 is 11.6 Å². The van der Waals surface area contributed by atoms with Gasteiger partial charge in [0.25, 0.3) is 5.91 Å². The first-order valence-corrected chi connectivity index (χ1v) is 8.93. The van der Waals surface area contributed by atoms with Crippen LogP contribution in [0, 0.1) is 18.6 Å². The molecule has 0 aliphatic heterocycles. The Balaban J connectivity index is 1.65. The molecule has 1 atom stereocenters. The molecule has 1 aliphatic rings. The lowest BCUT2D eigenvalue weighted by Crippen LogP contribution is -2.30. The Hall–Kier alpha value is -2.68. The molecule has 0 bridgehead atoms. The molecule has 1 N–H and O–H groups in total. The highest BCUT2D eigenvalue weighted by atomic mass is 32.1. The molecule has 9 heteroatoms. The number of carbonyl (C=O) groups is 1. The second-order valence-electron chi connectivity index (χ2n) is 6.19. The molecule has 134 valence electrons. The van der Waals surface area contributed by atoms with Crippen LogP contribution < -0.4 is 5.32 Å². The van der Waals surface area contributed by atoms with Crippen molar-refractivity contribution >= 4 is 17.4 Å². The summed E-state index contributed by atoms with van der Waals surface area (Å²) in [6.07, 6.45) is 3.98. The number of carbonyl (C=O) groups excluding carboxylic acids is 1. The van der Waals surface area contributed by atoms with E-state index in [4.69, 9.17) is 0 Å². The largest absolute Gasteiger partial charge is 0.344 e. The fraction of sp³-hybridized carbons (Fsp3) is 0.294. The Bertz CT molecular complexity index is 963. The van der Waals surface area contributed by atoms with Gasteiger partial charge in [-0.05, 0) is 49.9 Å². The number of hydrogen-bond donors (Lipinski definition) is 1. The minimum absolute atomic E-state index is 0.208. The van der Waals surface area contributed by atoms with Crippen LogP contribution in [0.25, 0.3) is 5.69 Å². The predicted molar refractivity (Wildman–Crippen MR) is 91.3 cm³/mol. The van der Waals surface area contributed by atoms with Gasteiger partial charge in [0, 0.05) is 17.3 Å². The Morgan fingerprint density at radius 3 is 2.77 bits per heavy atom. The fourth-order valence-corrected chi connectivity index (χ4v) is 3.81. The smallest absolute Gasteiger partial charge is 0.265 e. The monoisotopic (exact) mass is 375 g/mol. The summed E-state index contributed by atoms with van der Waals surface area (Å²) in [4.78, 5) is 12.9. The zero-order valence-corrected chi connectivity index (χ0v) is 14.7. The van der Waals surface area contributed by atoms with E-state index >= 15 is 0 Å². The predicted octanol–water partition coefficient (Wildman–Crippen LogP) is 3.12. The molecule has 1 aromatic carbocycles. The second kappa shape index (κ2) is 6.56.